The van der Waals surface area contributed by atoms with Crippen LogP contribution in [0.5, 0.6) is 0 Å². The highest BCUT2D eigenvalue weighted by molar-refractivity contribution is 5.81. The minimum atomic E-state index is -4.05. The third-order valence-corrected chi connectivity index (χ3v) is 4.42. The third-order valence-electron chi connectivity index (χ3n) is 4.42. The van der Waals surface area contributed by atoms with Gasteiger partial charge in [0, 0.05) is 6.04 Å². The Morgan fingerprint density at radius 1 is 1.19 bits per heavy atom. The molecule has 2 unspecified atom stereocenters. The largest absolute Gasteiger partial charge is 0.391 e. The average Bonchev–Trinajstić information content (AvgIpc) is 2.43. The Labute approximate surface area is 125 Å². The molecule has 0 aromatic rings. The number of rotatable bonds is 6. The van der Waals surface area contributed by atoms with Crippen LogP contribution in [0.3, 0.4) is 0 Å². The fourth-order valence-corrected chi connectivity index (χ4v) is 2.60. The highest BCUT2D eigenvalue weighted by atomic mass is 19.4. The molecule has 1 aliphatic carbocycles. The van der Waals surface area contributed by atoms with Gasteiger partial charge in [-0.05, 0) is 58.4 Å². The van der Waals surface area contributed by atoms with Gasteiger partial charge in [-0.1, -0.05) is 6.92 Å². The Morgan fingerprint density at radius 3 is 2.24 bits per heavy atom. The normalized spacial score (nSPS) is 26.2. The summed E-state index contributed by atoms with van der Waals surface area (Å²) >= 11 is 0. The fourth-order valence-electron chi connectivity index (χ4n) is 2.60. The van der Waals surface area contributed by atoms with Gasteiger partial charge < -0.3 is 10.6 Å². The van der Waals surface area contributed by atoms with Gasteiger partial charge in [-0.15, -0.1) is 0 Å². The molecule has 0 aromatic carbocycles. The molecule has 0 aliphatic heterocycles. The lowest BCUT2D eigenvalue weighted by atomic mass is 9.81. The van der Waals surface area contributed by atoms with Gasteiger partial charge in [0.1, 0.15) is 0 Å². The zero-order valence-electron chi connectivity index (χ0n) is 13.1. The van der Waals surface area contributed by atoms with Gasteiger partial charge in [-0.3, -0.25) is 4.79 Å². The predicted molar refractivity (Wildman–Crippen MR) is 76.9 cm³/mol. The Kier molecular flexibility index (Phi) is 6.97. The van der Waals surface area contributed by atoms with Crippen LogP contribution < -0.4 is 10.6 Å². The van der Waals surface area contributed by atoms with Crippen molar-refractivity contribution in [2.45, 2.75) is 71.1 Å². The second kappa shape index (κ2) is 8.01. The first kappa shape index (κ1) is 18.3. The second-order valence-electron chi connectivity index (χ2n) is 6.21. The van der Waals surface area contributed by atoms with E-state index >= 15 is 0 Å². The summed E-state index contributed by atoms with van der Waals surface area (Å²) < 4.78 is 37.7. The van der Waals surface area contributed by atoms with Crippen LogP contribution in [-0.4, -0.2) is 30.7 Å². The summed E-state index contributed by atoms with van der Waals surface area (Å²) in [5.74, 6) is -0.948. The highest BCUT2D eigenvalue weighted by Crippen LogP contribution is 2.39. The molecule has 2 atom stereocenters. The number of hydrogen-bond acceptors (Lipinski definition) is 2. The lowest BCUT2D eigenvalue weighted by Crippen LogP contribution is -2.46. The maximum absolute atomic E-state index is 12.6. The molecule has 0 bridgehead atoms. The fraction of sp³-hybridized carbons (Fsp3) is 0.933. The monoisotopic (exact) mass is 308 g/mol. The number of carbonyl (C=O) groups is 1. The van der Waals surface area contributed by atoms with E-state index in [2.05, 4.69) is 10.6 Å². The van der Waals surface area contributed by atoms with Crippen molar-refractivity contribution in [3.63, 3.8) is 0 Å². The van der Waals surface area contributed by atoms with Gasteiger partial charge >= 0.3 is 6.18 Å². The summed E-state index contributed by atoms with van der Waals surface area (Å²) in [5.41, 5.74) is 0. The number of nitrogens with one attached hydrogen (secondary N) is 2. The van der Waals surface area contributed by atoms with E-state index in [9.17, 15) is 18.0 Å². The Bertz CT molecular complexity index is 325. The third kappa shape index (κ3) is 6.24. The molecule has 2 N–H and O–H groups in total. The van der Waals surface area contributed by atoms with Crippen LogP contribution in [-0.2, 0) is 4.79 Å². The molecule has 3 nitrogen and oxygen atoms in total. The van der Waals surface area contributed by atoms with E-state index in [1.54, 1.807) is 6.92 Å². The van der Waals surface area contributed by atoms with Gasteiger partial charge in [0.2, 0.25) is 5.91 Å². The van der Waals surface area contributed by atoms with Gasteiger partial charge in [-0.2, -0.15) is 13.2 Å². The minimum absolute atomic E-state index is 0.0478. The van der Waals surface area contributed by atoms with Gasteiger partial charge in [0.05, 0.1) is 12.0 Å². The zero-order valence-corrected chi connectivity index (χ0v) is 13.1. The van der Waals surface area contributed by atoms with E-state index in [0.29, 0.717) is 19.4 Å². The van der Waals surface area contributed by atoms with E-state index in [-0.39, 0.29) is 36.8 Å². The maximum atomic E-state index is 12.6. The van der Waals surface area contributed by atoms with Gasteiger partial charge in [0.25, 0.3) is 0 Å². The van der Waals surface area contributed by atoms with E-state index in [4.69, 9.17) is 0 Å². The maximum Gasteiger partial charge on any atom is 0.391 e. The smallest absolute Gasteiger partial charge is 0.352 e. The summed E-state index contributed by atoms with van der Waals surface area (Å²) in [4.78, 5) is 11.8. The van der Waals surface area contributed by atoms with Crippen molar-refractivity contribution in [2.75, 3.05) is 6.54 Å². The quantitative estimate of drug-likeness (QED) is 0.791. The van der Waals surface area contributed by atoms with Crippen molar-refractivity contribution in [3.05, 3.63) is 0 Å². The number of halogens is 3. The number of carbonyl (C=O) groups excluding carboxylic acids is 1. The van der Waals surface area contributed by atoms with Crippen LogP contribution in [0.1, 0.15) is 52.9 Å². The Morgan fingerprint density at radius 2 is 1.76 bits per heavy atom. The summed E-state index contributed by atoms with van der Waals surface area (Å²) in [5, 5.41) is 6.04. The predicted octanol–water partition coefficient (Wildman–Crippen LogP) is 3.25. The Balaban J connectivity index is 2.26. The molecule has 0 heterocycles. The second-order valence-corrected chi connectivity index (χ2v) is 6.21. The highest BCUT2D eigenvalue weighted by Gasteiger charge is 2.41. The molecule has 6 heteroatoms. The SMILES string of the molecule is CCC(C)NC(=O)C(C)NCC1CCC(C(F)(F)F)CC1. The molecule has 0 aromatic heterocycles. The summed E-state index contributed by atoms with van der Waals surface area (Å²) in [6.07, 6.45) is -1.60. The first-order chi connectivity index (χ1) is 9.74. The summed E-state index contributed by atoms with van der Waals surface area (Å²) in [7, 11) is 0. The average molecular weight is 308 g/mol. The van der Waals surface area contributed by atoms with E-state index < -0.39 is 12.1 Å². The van der Waals surface area contributed by atoms with E-state index in [1.807, 2.05) is 13.8 Å². The molecule has 1 rings (SSSR count). The minimum Gasteiger partial charge on any atom is -0.352 e. The van der Waals surface area contributed by atoms with Crippen LogP contribution in [0.4, 0.5) is 13.2 Å². The lowest BCUT2D eigenvalue weighted by molar-refractivity contribution is -0.183. The number of alkyl halides is 3. The van der Waals surface area contributed by atoms with E-state index in [1.165, 1.54) is 0 Å². The molecule has 21 heavy (non-hydrogen) atoms. The summed E-state index contributed by atoms with van der Waals surface area (Å²) in [6.45, 7) is 6.35. The van der Waals surface area contributed by atoms with Crippen molar-refractivity contribution in [3.8, 4) is 0 Å². The molecule has 1 amide bonds. The van der Waals surface area contributed by atoms with Crippen molar-refractivity contribution >= 4 is 5.91 Å². The molecular formula is C15H27F3N2O. The molecule has 1 fully saturated rings. The molecule has 0 saturated heterocycles. The number of hydrogen-bond donors (Lipinski definition) is 2. The van der Waals surface area contributed by atoms with Crippen molar-refractivity contribution in [1.82, 2.24) is 10.6 Å². The van der Waals surface area contributed by atoms with Crippen LogP contribution in [0.2, 0.25) is 0 Å². The zero-order chi connectivity index (χ0) is 16.0. The van der Waals surface area contributed by atoms with Gasteiger partial charge in [0.15, 0.2) is 0 Å². The number of amides is 1. The Hall–Kier alpha value is -0.780. The van der Waals surface area contributed by atoms with Crippen LogP contribution in [0.25, 0.3) is 0 Å². The van der Waals surface area contributed by atoms with Crippen molar-refractivity contribution in [1.29, 1.82) is 0 Å². The van der Waals surface area contributed by atoms with E-state index in [0.717, 1.165) is 6.42 Å². The molecule has 124 valence electrons. The molecule has 1 aliphatic rings. The topological polar surface area (TPSA) is 41.1 Å². The van der Waals surface area contributed by atoms with Crippen LogP contribution in [0, 0.1) is 11.8 Å². The molecule has 0 radical (unpaired) electrons. The molecular weight excluding hydrogens is 281 g/mol. The standard InChI is InChI=1S/C15H27F3N2O/c1-4-10(2)20-14(21)11(3)19-9-12-5-7-13(8-6-12)15(16,17)18/h10-13,19H,4-9H2,1-3H3,(H,20,21). The van der Waals surface area contributed by atoms with Crippen LogP contribution >= 0.6 is 0 Å². The first-order valence-electron chi connectivity index (χ1n) is 7.84. The molecule has 1 saturated carbocycles. The van der Waals surface area contributed by atoms with Crippen LogP contribution in [0.15, 0.2) is 0 Å². The lowest BCUT2D eigenvalue weighted by Gasteiger charge is -2.30. The van der Waals surface area contributed by atoms with Gasteiger partial charge in [-0.25, -0.2) is 0 Å². The first-order valence-corrected chi connectivity index (χ1v) is 7.84. The van der Waals surface area contributed by atoms with Crippen molar-refractivity contribution in [2.24, 2.45) is 11.8 Å². The summed E-state index contributed by atoms with van der Waals surface area (Å²) in [6, 6.07) is -0.164. The van der Waals surface area contributed by atoms with Crippen molar-refractivity contribution < 1.29 is 18.0 Å². The molecule has 0 spiro atoms.